The highest BCUT2D eigenvalue weighted by molar-refractivity contribution is 6.19. The summed E-state index contributed by atoms with van der Waals surface area (Å²) in [4.78, 5) is 0. The van der Waals surface area contributed by atoms with E-state index in [9.17, 15) is 0 Å². The Kier molecular flexibility index (Phi) is 4.65. The number of hydrogen-bond donors (Lipinski definition) is 0. The molecule has 108 valence electrons. The molecule has 0 aromatic heterocycles. The van der Waals surface area contributed by atoms with Gasteiger partial charge in [0.25, 0.3) is 0 Å². The average molecular weight is 301 g/mol. The third kappa shape index (κ3) is 3.69. The van der Waals surface area contributed by atoms with Crippen molar-refractivity contribution < 1.29 is 9.47 Å². The highest BCUT2D eigenvalue weighted by atomic mass is 35.5. The van der Waals surface area contributed by atoms with Gasteiger partial charge in [0.2, 0.25) is 0 Å². The van der Waals surface area contributed by atoms with E-state index in [0.717, 1.165) is 48.1 Å². The largest absolute Gasteiger partial charge is 0.490 e. The molecule has 1 fully saturated rings. The van der Waals surface area contributed by atoms with Crippen LogP contribution in [0, 0.1) is 11.8 Å². The van der Waals surface area contributed by atoms with Gasteiger partial charge in [-0.3, -0.25) is 0 Å². The number of ether oxygens (including phenoxy) is 2. The second kappa shape index (κ2) is 6.85. The molecule has 0 amide bonds. The molecule has 0 unspecified atom stereocenters. The van der Waals surface area contributed by atoms with E-state index in [1.54, 1.807) is 0 Å². The lowest BCUT2D eigenvalue weighted by Crippen LogP contribution is -2.25. The number of halogens is 1. The Morgan fingerprint density at radius 2 is 1.86 bits per heavy atom. The normalized spacial score (nSPS) is 15.5. The van der Waals surface area contributed by atoms with Crippen LogP contribution < -0.4 is 4.74 Å². The van der Waals surface area contributed by atoms with Crippen molar-refractivity contribution in [1.29, 1.82) is 0 Å². The summed E-state index contributed by atoms with van der Waals surface area (Å²) in [5.74, 6) is 7.20. The zero-order chi connectivity index (χ0) is 14.5. The minimum atomic E-state index is 0.269. The first-order valence-corrected chi connectivity index (χ1v) is 7.72. The quantitative estimate of drug-likeness (QED) is 0.617. The summed E-state index contributed by atoms with van der Waals surface area (Å²) in [6, 6.07) is 12.4. The van der Waals surface area contributed by atoms with Crippen LogP contribution in [-0.2, 0) is 4.74 Å². The lowest BCUT2D eigenvalue weighted by atomic mass is 10.1. The van der Waals surface area contributed by atoms with Crippen molar-refractivity contribution in [3.05, 3.63) is 42.0 Å². The van der Waals surface area contributed by atoms with E-state index in [1.807, 2.05) is 12.1 Å². The molecule has 3 rings (SSSR count). The van der Waals surface area contributed by atoms with Gasteiger partial charge in [-0.05, 0) is 35.0 Å². The molecule has 1 saturated heterocycles. The molecular formula is C18H17ClO2. The summed E-state index contributed by atoms with van der Waals surface area (Å²) in [6.45, 7) is 1.59. The molecule has 3 heteroatoms. The van der Waals surface area contributed by atoms with Gasteiger partial charge < -0.3 is 9.47 Å². The van der Waals surface area contributed by atoms with Crippen LogP contribution >= 0.6 is 11.6 Å². The summed E-state index contributed by atoms with van der Waals surface area (Å²) in [6.07, 6.45) is 2.20. The monoisotopic (exact) mass is 300 g/mol. The molecule has 2 aromatic carbocycles. The van der Waals surface area contributed by atoms with Crippen LogP contribution in [0.25, 0.3) is 10.8 Å². The molecule has 2 nitrogen and oxygen atoms in total. The SMILES string of the molecule is ClCC#Cc1ccc2cc(OC3CCOCC3)ccc2c1. The fourth-order valence-corrected chi connectivity index (χ4v) is 2.56. The first kappa shape index (κ1) is 14.3. The summed E-state index contributed by atoms with van der Waals surface area (Å²) in [5, 5.41) is 2.33. The van der Waals surface area contributed by atoms with Crippen molar-refractivity contribution in [2.75, 3.05) is 19.1 Å². The fourth-order valence-electron chi connectivity index (χ4n) is 2.50. The third-order valence-electron chi connectivity index (χ3n) is 3.58. The second-order valence-electron chi connectivity index (χ2n) is 5.09. The van der Waals surface area contributed by atoms with Gasteiger partial charge in [0.05, 0.1) is 19.1 Å². The molecule has 0 N–H and O–H groups in total. The molecule has 0 saturated carbocycles. The van der Waals surface area contributed by atoms with E-state index < -0.39 is 0 Å². The number of fused-ring (bicyclic) bond motifs is 1. The van der Waals surface area contributed by atoms with E-state index in [4.69, 9.17) is 21.1 Å². The molecule has 2 aromatic rings. The van der Waals surface area contributed by atoms with E-state index >= 15 is 0 Å². The Bertz CT molecular complexity index is 678. The van der Waals surface area contributed by atoms with E-state index in [-0.39, 0.29) is 6.10 Å². The highest BCUT2D eigenvalue weighted by Gasteiger charge is 2.15. The lowest BCUT2D eigenvalue weighted by Gasteiger charge is -2.23. The van der Waals surface area contributed by atoms with E-state index in [1.165, 1.54) is 0 Å². The van der Waals surface area contributed by atoms with Gasteiger partial charge >= 0.3 is 0 Å². The van der Waals surface area contributed by atoms with Crippen molar-refractivity contribution in [3.63, 3.8) is 0 Å². The Labute approximate surface area is 130 Å². The number of benzene rings is 2. The minimum Gasteiger partial charge on any atom is -0.490 e. The van der Waals surface area contributed by atoms with Gasteiger partial charge in [0.1, 0.15) is 11.9 Å². The predicted molar refractivity (Wildman–Crippen MR) is 86.0 cm³/mol. The molecule has 21 heavy (non-hydrogen) atoms. The maximum atomic E-state index is 6.03. The van der Waals surface area contributed by atoms with Crippen LogP contribution in [0.15, 0.2) is 36.4 Å². The molecule has 1 aliphatic rings. The molecular weight excluding hydrogens is 284 g/mol. The van der Waals surface area contributed by atoms with Crippen LogP contribution in [-0.4, -0.2) is 25.2 Å². The first-order valence-electron chi connectivity index (χ1n) is 7.18. The Balaban J connectivity index is 1.79. The summed E-state index contributed by atoms with van der Waals surface area (Å²) in [5.41, 5.74) is 0.987. The second-order valence-corrected chi connectivity index (χ2v) is 5.36. The third-order valence-corrected chi connectivity index (χ3v) is 3.72. The maximum Gasteiger partial charge on any atom is 0.120 e. The Hall–Kier alpha value is -1.69. The lowest BCUT2D eigenvalue weighted by molar-refractivity contribution is 0.0256. The molecule has 0 radical (unpaired) electrons. The van der Waals surface area contributed by atoms with Crippen LogP contribution in [0.3, 0.4) is 0 Å². The Morgan fingerprint density at radius 1 is 1.10 bits per heavy atom. The summed E-state index contributed by atoms with van der Waals surface area (Å²) in [7, 11) is 0. The van der Waals surface area contributed by atoms with E-state index in [2.05, 4.69) is 36.1 Å². The first-order chi connectivity index (χ1) is 10.3. The zero-order valence-electron chi connectivity index (χ0n) is 11.8. The maximum absolute atomic E-state index is 6.03. The number of alkyl halides is 1. The van der Waals surface area contributed by atoms with Crippen molar-refractivity contribution in [2.24, 2.45) is 0 Å². The number of rotatable bonds is 2. The van der Waals surface area contributed by atoms with Gasteiger partial charge in [-0.1, -0.05) is 24.0 Å². The van der Waals surface area contributed by atoms with Gasteiger partial charge in [-0.25, -0.2) is 0 Å². The molecule has 1 aliphatic heterocycles. The van der Waals surface area contributed by atoms with Gasteiger partial charge in [-0.2, -0.15) is 0 Å². The smallest absolute Gasteiger partial charge is 0.120 e. The van der Waals surface area contributed by atoms with Crippen molar-refractivity contribution in [1.82, 2.24) is 0 Å². The van der Waals surface area contributed by atoms with Crippen molar-refractivity contribution in [2.45, 2.75) is 18.9 Å². The highest BCUT2D eigenvalue weighted by Crippen LogP contribution is 2.24. The number of hydrogen-bond acceptors (Lipinski definition) is 2. The van der Waals surface area contributed by atoms with Crippen LogP contribution in [0.4, 0.5) is 0 Å². The summed E-state index contributed by atoms with van der Waals surface area (Å²) < 4.78 is 11.4. The van der Waals surface area contributed by atoms with Crippen molar-refractivity contribution in [3.8, 4) is 17.6 Å². The molecule has 0 aliphatic carbocycles. The van der Waals surface area contributed by atoms with E-state index in [0.29, 0.717) is 5.88 Å². The van der Waals surface area contributed by atoms with Gasteiger partial charge in [0.15, 0.2) is 0 Å². The average Bonchev–Trinajstić information content (AvgIpc) is 2.54. The molecule has 0 atom stereocenters. The topological polar surface area (TPSA) is 18.5 Å². The van der Waals surface area contributed by atoms with Crippen molar-refractivity contribution >= 4 is 22.4 Å². The minimum absolute atomic E-state index is 0.269. The van der Waals surface area contributed by atoms with Crippen LogP contribution in [0.1, 0.15) is 18.4 Å². The molecule has 0 spiro atoms. The van der Waals surface area contributed by atoms with Gasteiger partial charge in [0, 0.05) is 18.4 Å². The standard InChI is InChI=1S/C18H17ClO2/c19-9-1-2-14-3-4-16-13-18(6-5-15(16)12-14)21-17-7-10-20-11-8-17/h3-6,12-13,17H,7-11H2. The zero-order valence-corrected chi connectivity index (χ0v) is 12.5. The van der Waals surface area contributed by atoms with Crippen LogP contribution in [0.5, 0.6) is 5.75 Å². The predicted octanol–water partition coefficient (Wildman–Crippen LogP) is 3.99. The van der Waals surface area contributed by atoms with Gasteiger partial charge in [-0.15, -0.1) is 11.6 Å². The summed E-state index contributed by atoms with van der Waals surface area (Å²) >= 11 is 5.58. The van der Waals surface area contributed by atoms with Crippen LogP contribution in [0.2, 0.25) is 0 Å². The molecule has 0 bridgehead atoms. The Morgan fingerprint density at radius 3 is 2.67 bits per heavy atom. The molecule has 1 heterocycles. The fraction of sp³-hybridized carbons (Fsp3) is 0.333.